The minimum atomic E-state index is -0.582. The van der Waals surface area contributed by atoms with E-state index in [1.54, 1.807) is 11.3 Å². The number of hydrogen-bond donors (Lipinski definition) is 3. The number of aliphatic hydroxyl groups excluding tert-OH is 2. The van der Waals surface area contributed by atoms with Crippen molar-refractivity contribution < 1.29 is 15.0 Å². The molecule has 3 N–H and O–H groups in total. The zero-order valence-corrected chi connectivity index (χ0v) is 20.5. The number of carbonyl (C=O) groups is 1. The van der Waals surface area contributed by atoms with Gasteiger partial charge in [0.25, 0.3) is 0 Å². The van der Waals surface area contributed by atoms with Crippen LogP contribution in [0.3, 0.4) is 0 Å². The Morgan fingerprint density at radius 1 is 1.18 bits per heavy atom. The first kappa shape index (κ1) is 23.0. The first-order chi connectivity index (χ1) is 15.8. The third kappa shape index (κ3) is 3.94. The van der Waals surface area contributed by atoms with Gasteiger partial charge in [0.2, 0.25) is 5.91 Å². The molecule has 0 saturated heterocycles. The number of amides is 1. The van der Waals surface area contributed by atoms with E-state index in [0.717, 1.165) is 41.9 Å². The second-order valence-corrected chi connectivity index (χ2v) is 12.1. The van der Waals surface area contributed by atoms with Crippen LogP contribution in [0.4, 0.5) is 0 Å². The van der Waals surface area contributed by atoms with Gasteiger partial charge in [0.05, 0.1) is 18.4 Å². The molecule has 33 heavy (non-hydrogen) atoms. The molecule has 0 spiro atoms. The number of nitrogens with zero attached hydrogens (tertiary/aromatic N) is 1. The van der Waals surface area contributed by atoms with Crippen LogP contribution in [-0.4, -0.2) is 39.9 Å². The number of fused-ring (bicyclic) bond motifs is 2. The lowest BCUT2D eigenvalue weighted by atomic mass is 9.47. The SMILES string of the molecule is C[C@]1(CO)[C@H]2Cc3sc(-c4ccccc4)nc3[C@@H](CC(=O)NC3CCCC3)[C@]2(C)CC[C@H]1O. The molecule has 1 aromatic carbocycles. The number of carbonyl (C=O) groups excluding carboxylic acids is 1. The predicted molar refractivity (Wildman–Crippen MR) is 131 cm³/mol. The Balaban J connectivity index is 1.54. The predicted octanol–water partition coefficient (Wildman–Crippen LogP) is 4.67. The number of aliphatic hydroxyl groups is 2. The second kappa shape index (κ2) is 8.79. The normalized spacial score (nSPS) is 34.0. The highest BCUT2D eigenvalue weighted by Crippen LogP contribution is 2.62. The van der Waals surface area contributed by atoms with E-state index in [9.17, 15) is 15.0 Å². The van der Waals surface area contributed by atoms with Gasteiger partial charge in [-0.2, -0.15) is 0 Å². The van der Waals surface area contributed by atoms with E-state index in [4.69, 9.17) is 4.98 Å². The van der Waals surface area contributed by atoms with Crippen LogP contribution in [0.25, 0.3) is 10.6 Å². The van der Waals surface area contributed by atoms with Crippen molar-refractivity contribution >= 4 is 17.2 Å². The molecule has 1 amide bonds. The summed E-state index contributed by atoms with van der Waals surface area (Å²) in [6.45, 7) is 4.25. The molecule has 0 aliphatic heterocycles. The summed E-state index contributed by atoms with van der Waals surface area (Å²) in [7, 11) is 0. The van der Waals surface area contributed by atoms with Crippen LogP contribution in [0.2, 0.25) is 0 Å². The lowest BCUT2D eigenvalue weighted by Crippen LogP contribution is -2.57. The van der Waals surface area contributed by atoms with Gasteiger partial charge in [-0.1, -0.05) is 57.0 Å². The third-order valence-electron chi connectivity index (χ3n) is 9.02. The molecule has 5 atom stereocenters. The van der Waals surface area contributed by atoms with Gasteiger partial charge >= 0.3 is 0 Å². The average molecular weight is 469 g/mol. The van der Waals surface area contributed by atoms with E-state index in [2.05, 4.69) is 24.4 Å². The Hall–Kier alpha value is -1.76. The standard InChI is InChI=1S/C27H36N2O3S/c1-26-13-12-22(31)27(2,16-30)21(26)15-20-24(29-25(33-20)17-8-4-3-5-9-17)19(26)14-23(32)28-18-10-6-7-11-18/h3-5,8-9,18-19,21-22,30-31H,6-7,10-16H2,1-2H3,(H,28,32)/t19-,21+,22-,26+,27+/m1/s1. The van der Waals surface area contributed by atoms with Gasteiger partial charge in [-0.15, -0.1) is 11.3 Å². The molecular weight excluding hydrogens is 432 g/mol. The maximum atomic E-state index is 13.2. The van der Waals surface area contributed by atoms with E-state index < -0.39 is 11.5 Å². The van der Waals surface area contributed by atoms with Crippen LogP contribution in [0.1, 0.15) is 75.3 Å². The van der Waals surface area contributed by atoms with Crippen molar-refractivity contribution in [3.63, 3.8) is 0 Å². The molecule has 0 radical (unpaired) electrons. The van der Waals surface area contributed by atoms with Gasteiger partial charge in [-0.3, -0.25) is 4.79 Å². The minimum Gasteiger partial charge on any atom is -0.396 e. The van der Waals surface area contributed by atoms with E-state index in [1.165, 1.54) is 17.7 Å². The molecule has 6 heteroatoms. The van der Waals surface area contributed by atoms with Crippen molar-refractivity contribution in [2.24, 2.45) is 16.7 Å². The zero-order chi connectivity index (χ0) is 23.2. The number of rotatable bonds is 5. The van der Waals surface area contributed by atoms with Crippen molar-refractivity contribution in [3.05, 3.63) is 40.9 Å². The Labute approximate surface area is 200 Å². The lowest BCUT2D eigenvalue weighted by molar-refractivity contribution is -0.144. The van der Waals surface area contributed by atoms with Crippen LogP contribution >= 0.6 is 11.3 Å². The average Bonchev–Trinajstić information content (AvgIpc) is 3.48. The van der Waals surface area contributed by atoms with Crippen molar-refractivity contribution in [3.8, 4) is 10.6 Å². The fourth-order valence-corrected chi connectivity index (χ4v) is 8.07. The molecule has 3 aliphatic rings. The monoisotopic (exact) mass is 468 g/mol. The van der Waals surface area contributed by atoms with E-state index in [1.807, 2.05) is 25.1 Å². The van der Waals surface area contributed by atoms with Gasteiger partial charge < -0.3 is 15.5 Å². The van der Waals surface area contributed by atoms with Crippen LogP contribution < -0.4 is 5.32 Å². The van der Waals surface area contributed by atoms with Gasteiger partial charge in [-0.25, -0.2) is 4.98 Å². The first-order valence-electron chi connectivity index (χ1n) is 12.5. The Bertz CT molecular complexity index is 1000. The number of benzene rings is 1. The van der Waals surface area contributed by atoms with Gasteiger partial charge in [-0.05, 0) is 43.4 Å². The van der Waals surface area contributed by atoms with Gasteiger partial charge in [0.1, 0.15) is 5.01 Å². The highest BCUT2D eigenvalue weighted by Gasteiger charge is 2.59. The quantitative estimate of drug-likeness (QED) is 0.595. The Kier molecular flexibility index (Phi) is 6.13. The maximum Gasteiger partial charge on any atom is 0.220 e. The highest BCUT2D eigenvalue weighted by molar-refractivity contribution is 7.15. The molecule has 2 saturated carbocycles. The van der Waals surface area contributed by atoms with Crippen molar-refractivity contribution in [1.82, 2.24) is 10.3 Å². The smallest absolute Gasteiger partial charge is 0.220 e. The molecule has 2 fully saturated rings. The molecule has 5 nitrogen and oxygen atoms in total. The third-order valence-corrected chi connectivity index (χ3v) is 10.2. The molecule has 0 bridgehead atoms. The van der Waals surface area contributed by atoms with Gasteiger partial charge in [0.15, 0.2) is 0 Å². The minimum absolute atomic E-state index is 0.0141. The fraction of sp³-hybridized carbons (Fsp3) is 0.630. The first-order valence-corrected chi connectivity index (χ1v) is 13.3. The van der Waals surface area contributed by atoms with Crippen LogP contribution in [0, 0.1) is 16.7 Å². The number of aromatic nitrogens is 1. The number of thiazole rings is 1. The molecule has 1 aromatic heterocycles. The molecule has 0 unspecified atom stereocenters. The van der Waals surface area contributed by atoms with Crippen molar-refractivity contribution in [1.29, 1.82) is 0 Å². The summed E-state index contributed by atoms with van der Waals surface area (Å²) in [6, 6.07) is 10.5. The molecular formula is C27H36N2O3S. The molecule has 178 valence electrons. The van der Waals surface area contributed by atoms with Crippen LogP contribution in [0.15, 0.2) is 30.3 Å². The number of hydrogen-bond acceptors (Lipinski definition) is 5. The van der Waals surface area contributed by atoms with Crippen molar-refractivity contribution in [2.75, 3.05) is 6.61 Å². The van der Waals surface area contributed by atoms with Crippen molar-refractivity contribution in [2.45, 2.75) is 83.3 Å². The second-order valence-electron chi connectivity index (χ2n) is 11.0. The van der Waals surface area contributed by atoms with E-state index >= 15 is 0 Å². The summed E-state index contributed by atoms with van der Waals surface area (Å²) in [5, 5.41) is 25.6. The van der Waals surface area contributed by atoms with Gasteiger partial charge in [0, 0.05) is 34.2 Å². The Morgan fingerprint density at radius 3 is 2.61 bits per heavy atom. The topological polar surface area (TPSA) is 82.5 Å². The summed E-state index contributed by atoms with van der Waals surface area (Å²) < 4.78 is 0. The summed E-state index contributed by atoms with van der Waals surface area (Å²) in [5.74, 6) is 0.199. The summed E-state index contributed by atoms with van der Waals surface area (Å²) >= 11 is 1.71. The highest BCUT2D eigenvalue weighted by atomic mass is 32.1. The van der Waals surface area contributed by atoms with Crippen LogP contribution in [0.5, 0.6) is 0 Å². The molecule has 5 rings (SSSR count). The fourth-order valence-electron chi connectivity index (χ4n) is 6.89. The molecule has 1 heterocycles. The lowest BCUT2D eigenvalue weighted by Gasteiger charge is -2.58. The summed E-state index contributed by atoms with van der Waals surface area (Å²) in [6.07, 6.45) is 6.71. The van der Waals surface area contributed by atoms with E-state index in [-0.39, 0.29) is 29.8 Å². The zero-order valence-electron chi connectivity index (χ0n) is 19.7. The summed E-state index contributed by atoms with van der Waals surface area (Å²) in [4.78, 5) is 19.6. The summed E-state index contributed by atoms with van der Waals surface area (Å²) in [5.41, 5.74) is 1.39. The number of nitrogens with one attached hydrogen (secondary N) is 1. The van der Waals surface area contributed by atoms with E-state index in [0.29, 0.717) is 18.9 Å². The van der Waals surface area contributed by atoms with Crippen LogP contribution in [-0.2, 0) is 11.2 Å². The largest absolute Gasteiger partial charge is 0.396 e. The Morgan fingerprint density at radius 2 is 1.91 bits per heavy atom. The molecule has 3 aliphatic carbocycles. The molecule has 2 aromatic rings. The maximum absolute atomic E-state index is 13.2.